The van der Waals surface area contributed by atoms with Gasteiger partial charge in [0.2, 0.25) is 0 Å². The van der Waals surface area contributed by atoms with Crippen LogP contribution in [0.25, 0.3) is 133 Å². The smallest absolute Gasteiger partial charge is 0.180 e. The van der Waals surface area contributed by atoms with Crippen LogP contribution >= 0.6 is 0 Å². The lowest BCUT2D eigenvalue weighted by molar-refractivity contribution is 0.666. The zero-order valence-electron chi connectivity index (χ0n) is 30.7. The fourth-order valence-electron chi connectivity index (χ4n) is 8.65. The first-order valence-corrected chi connectivity index (χ1v) is 19.3. The van der Waals surface area contributed by atoms with Crippen molar-refractivity contribution in [2.24, 2.45) is 0 Å². The van der Waals surface area contributed by atoms with Crippen LogP contribution in [0.1, 0.15) is 0 Å². The average molecular weight is 745 g/mol. The van der Waals surface area contributed by atoms with E-state index >= 15 is 0 Å². The van der Waals surface area contributed by atoms with Crippen LogP contribution < -0.4 is 0 Å². The number of furan rings is 4. The summed E-state index contributed by atoms with van der Waals surface area (Å²) in [5.41, 5.74) is 13.9. The molecule has 13 aromatic rings. The van der Waals surface area contributed by atoms with Crippen LogP contribution in [0.3, 0.4) is 0 Å². The highest BCUT2D eigenvalue weighted by atomic mass is 16.3. The van der Waals surface area contributed by atoms with Crippen LogP contribution in [-0.4, -0.2) is 9.97 Å². The van der Waals surface area contributed by atoms with Crippen molar-refractivity contribution in [1.29, 1.82) is 0 Å². The molecule has 58 heavy (non-hydrogen) atoms. The Morgan fingerprint density at radius 2 is 0.741 bits per heavy atom. The van der Waals surface area contributed by atoms with Gasteiger partial charge in [0.05, 0.1) is 0 Å². The lowest BCUT2D eigenvalue weighted by Crippen LogP contribution is -1.94. The van der Waals surface area contributed by atoms with Crippen molar-refractivity contribution in [3.8, 4) is 44.9 Å². The molecule has 0 unspecified atom stereocenters. The fourth-order valence-corrected chi connectivity index (χ4v) is 8.65. The summed E-state index contributed by atoms with van der Waals surface area (Å²) in [7, 11) is 0. The van der Waals surface area contributed by atoms with Gasteiger partial charge in [-0.1, -0.05) is 97.1 Å². The van der Waals surface area contributed by atoms with Crippen molar-refractivity contribution in [2.45, 2.75) is 0 Å². The van der Waals surface area contributed by atoms with Crippen molar-refractivity contribution in [3.63, 3.8) is 0 Å². The molecule has 0 saturated heterocycles. The van der Waals surface area contributed by atoms with Gasteiger partial charge in [-0.05, 0) is 95.1 Å². The van der Waals surface area contributed by atoms with Gasteiger partial charge in [0.1, 0.15) is 50.3 Å². The van der Waals surface area contributed by atoms with Gasteiger partial charge in [0.15, 0.2) is 11.4 Å². The van der Waals surface area contributed by atoms with Gasteiger partial charge in [-0.3, -0.25) is 0 Å². The van der Waals surface area contributed by atoms with Crippen LogP contribution in [-0.2, 0) is 0 Å². The maximum Gasteiger partial charge on any atom is 0.180 e. The van der Waals surface area contributed by atoms with Crippen molar-refractivity contribution in [1.82, 2.24) is 9.97 Å². The molecule has 0 aliphatic carbocycles. The van der Waals surface area contributed by atoms with E-state index < -0.39 is 0 Å². The maximum atomic E-state index is 6.68. The highest BCUT2D eigenvalue weighted by Gasteiger charge is 2.21. The Morgan fingerprint density at radius 1 is 0.276 bits per heavy atom. The first-order valence-electron chi connectivity index (χ1n) is 19.3. The van der Waals surface area contributed by atoms with E-state index in [1.54, 1.807) is 0 Å². The van der Waals surface area contributed by atoms with Gasteiger partial charge < -0.3 is 17.7 Å². The lowest BCUT2D eigenvalue weighted by Gasteiger charge is -2.06. The number of hydrogen-bond acceptors (Lipinski definition) is 6. The monoisotopic (exact) mass is 744 g/mol. The third-order valence-corrected chi connectivity index (χ3v) is 11.5. The van der Waals surface area contributed by atoms with E-state index in [0.717, 1.165) is 116 Å². The van der Waals surface area contributed by atoms with Gasteiger partial charge in [-0.15, -0.1) is 0 Å². The molecule has 5 aromatic heterocycles. The fraction of sp³-hybridized carbons (Fsp3) is 0. The molecule has 0 bridgehead atoms. The number of para-hydroxylation sites is 2. The molecular formula is C52H28N2O4. The summed E-state index contributed by atoms with van der Waals surface area (Å²) < 4.78 is 25.7. The molecule has 270 valence electrons. The van der Waals surface area contributed by atoms with E-state index in [2.05, 4.69) is 103 Å². The van der Waals surface area contributed by atoms with Crippen molar-refractivity contribution in [2.75, 3.05) is 0 Å². The van der Waals surface area contributed by atoms with Gasteiger partial charge in [-0.25, -0.2) is 9.97 Å². The Kier molecular flexibility index (Phi) is 6.35. The molecule has 0 atom stereocenters. The van der Waals surface area contributed by atoms with Gasteiger partial charge in [-0.2, -0.15) is 0 Å². The van der Waals surface area contributed by atoms with Crippen LogP contribution in [0.15, 0.2) is 188 Å². The Balaban J connectivity index is 0.966. The molecule has 0 aliphatic heterocycles. The number of nitrogens with zero attached hydrogens (tertiary/aromatic N) is 2. The van der Waals surface area contributed by atoms with Gasteiger partial charge in [0, 0.05) is 48.8 Å². The largest absolute Gasteiger partial charge is 0.456 e. The highest BCUT2D eigenvalue weighted by Crippen LogP contribution is 2.41. The summed E-state index contributed by atoms with van der Waals surface area (Å²) >= 11 is 0. The lowest BCUT2D eigenvalue weighted by atomic mass is 10.0. The molecule has 0 spiro atoms. The average Bonchev–Trinajstić information content (AvgIpc) is 4.05. The number of aromatic nitrogens is 2. The molecule has 0 fully saturated rings. The van der Waals surface area contributed by atoms with Crippen LogP contribution in [0.5, 0.6) is 0 Å². The minimum absolute atomic E-state index is 0.575. The van der Waals surface area contributed by atoms with Crippen LogP contribution in [0.2, 0.25) is 0 Å². The molecule has 8 aromatic carbocycles. The number of fused-ring (bicyclic) bond motifs is 12. The Bertz CT molecular complexity index is 3810. The molecule has 0 radical (unpaired) electrons. The summed E-state index contributed by atoms with van der Waals surface area (Å²) in [6.07, 6.45) is 0. The SMILES string of the molecule is c1ccc(-c2ccc3c(c2)oc2c(-c4ccc5c(c4)oc4ccccc45)nc(-c4ccc5c(c4)oc4cc(-c6ccc7oc8ccccc8c7c6)ccc45)nc23)cc1. The van der Waals surface area contributed by atoms with E-state index in [4.69, 9.17) is 27.6 Å². The summed E-state index contributed by atoms with van der Waals surface area (Å²) in [5.74, 6) is 0.575. The molecule has 6 heteroatoms. The number of benzene rings is 8. The predicted molar refractivity (Wildman–Crippen MR) is 233 cm³/mol. The zero-order chi connectivity index (χ0) is 37.9. The van der Waals surface area contributed by atoms with Crippen LogP contribution in [0.4, 0.5) is 0 Å². The molecule has 5 heterocycles. The Labute approximate surface area is 329 Å². The molecule has 6 nitrogen and oxygen atoms in total. The van der Waals surface area contributed by atoms with Crippen molar-refractivity contribution < 1.29 is 17.7 Å². The maximum absolute atomic E-state index is 6.68. The predicted octanol–water partition coefficient (Wildman–Crippen LogP) is 14.7. The Hall–Kier alpha value is -7.96. The van der Waals surface area contributed by atoms with Gasteiger partial charge in [0.25, 0.3) is 0 Å². The minimum atomic E-state index is 0.575. The van der Waals surface area contributed by atoms with E-state index in [-0.39, 0.29) is 0 Å². The van der Waals surface area contributed by atoms with Crippen molar-refractivity contribution in [3.05, 3.63) is 170 Å². The van der Waals surface area contributed by atoms with Gasteiger partial charge >= 0.3 is 0 Å². The second kappa shape index (κ2) is 11.8. The quantitative estimate of drug-likeness (QED) is 0.179. The number of rotatable bonds is 4. The molecule has 0 aliphatic rings. The van der Waals surface area contributed by atoms with E-state index in [0.29, 0.717) is 17.1 Å². The van der Waals surface area contributed by atoms with Crippen LogP contribution in [0, 0.1) is 0 Å². The first kappa shape index (κ1) is 31.3. The normalized spacial score (nSPS) is 12.1. The second-order valence-electron chi connectivity index (χ2n) is 14.9. The topological polar surface area (TPSA) is 78.3 Å². The number of hydrogen-bond donors (Lipinski definition) is 0. The summed E-state index contributed by atoms with van der Waals surface area (Å²) in [6.45, 7) is 0. The van der Waals surface area contributed by atoms with E-state index in [1.807, 2.05) is 66.7 Å². The summed E-state index contributed by atoms with van der Waals surface area (Å²) in [6, 6.07) is 58.1. The molecule has 0 amide bonds. The standard InChI is InChI=1S/C52H28N2O4/c1-2-8-29(9-3-1)31-15-22-40-48(25-31)58-51-49(33-16-20-37-35-10-4-6-12-42(35)56-46(37)27-33)53-52(54-50(40)51)34-17-21-39-38-19-14-32(26-45(38)57-47(39)28-34)30-18-23-44-41(24-30)36-11-5-7-13-43(36)55-44/h1-28H. The first-order chi connectivity index (χ1) is 28.7. The Morgan fingerprint density at radius 3 is 1.48 bits per heavy atom. The molecule has 0 N–H and O–H groups in total. The van der Waals surface area contributed by atoms with Crippen molar-refractivity contribution >= 4 is 87.9 Å². The second-order valence-corrected chi connectivity index (χ2v) is 14.9. The van der Waals surface area contributed by atoms with E-state index in [9.17, 15) is 0 Å². The highest BCUT2D eigenvalue weighted by molar-refractivity contribution is 6.11. The summed E-state index contributed by atoms with van der Waals surface area (Å²) in [4.78, 5) is 10.4. The summed E-state index contributed by atoms with van der Waals surface area (Å²) in [5, 5.41) is 7.33. The third kappa shape index (κ3) is 4.66. The molecule has 0 saturated carbocycles. The van der Waals surface area contributed by atoms with E-state index in [1.165, 1.54) is 0 Å². The molecular weight excluding hydrogens is 717 g/mol. The third-order valence-electron chi connectivity index (χ3n) is 11.5. The molecule has 13 rings (SSSR count). The zero-order valence-corrected chi connectivity index (χ0v) is 30.7. The minimum Gasteiger partial charge on any atom is -0.456 e.